The highest BCUT2D eigenvalue weighted by Gasteiger charge is 2.12. The van der Waals surface area contributed by atoms with Crippen LogP contribution in [0, 0.1) is 0 Å². The molecule has 0 radical (unpaired) electrons. The van der Waals surface area contributed by atoms with Crippen LogP contribution in [0.1, 0.15) is 23.0 Å². The van der Waals surface area contributed by atoms with Gasteiger partial charge in [-0.1, -0.05) is 6.07 Å². The van der Waals surface area contributed by atoms with Gasteiger partial charge in [-0.25, -0.2) is 0 Å². The van der Waals surface area contributed by atoms with Crippen LogP contribution in [0.5, 0.6) is 0 Å². The molecule has 4 nitrogen and oxygen atoms in total. The zero-order chi connectivity index (χ0) is 10.7. The van der Waals surface area contributed by atoms with Crippen LogP contribution in [-0.2, 0) is 6.42 Å². The van der Waals surface area contributed by atoms with Crippen molar-refractivity contribution in [2.75, 3.05) is 5.73 Å². The maximum absolute atomic E-state index is 9.85. The molecular weight excluding hydrogens is 210 g/mol. The molecule has 2 rings (SSSR count). The summed E-state index contributed by atoms with van der Waals surface area (Å²) < 4.78 is 0. The number of aliphatic hydroxyl groups is 1. The number of hydrogen-bond donors (Lipinski definition) is 3. The minimum atomic E-state index is -0.536. The number of anilines is 1. The molecule has 0 amide bonds. The van der Waals surface area contributed by atoms with E-state index in [0.29, 0.717) is 17.8 Å². The first-order chi connectivity index (χ1) is 7.27. The second kappa shape index (κ2) is 4.46. The highest BCUT2D eigenvalue weighted by molar-refractivity contribution is 7.09. The summed E-state index contributed by atoms with van der Waals surface area (Å²) in [5, 5.41) is 18.3. The molecule has 2 heterocycles. The van der Waals surface area contributed by atoms with Gasteiger partial charge in [-0.2, -0.15) is 5.10 Å². The molecule has 0 aromatic carbocycles. The van der Waals surface area contributed by atoms with Crippen molar-refractivity contribution >= 4 is 17.2 Å². The van der Waals surface area contributed by atoms with E-state index in [4.69, 9.17) is 5.73 Å². The molecule has 1 unspecified atom stereocenters. The van der Waals surface area contributed by atoms with E-state index in [1.54, 1.807) is 17.5 Å². The summed E-state index contributed by atoms with van der Waals surface area (Å²) in [6.07, 6.45) is 2.58. The Bertz CT molecular complexity index is 410. The van der Waals surface area contributed by atoms with Crippen LogP contribution in [0.4, 0.5) is 5.82 Å². The smallest absolute Gasteiger partial charge is 0.124 e. The van der Waals surface area contributed by atoms with Crippen molar-refractivity contribution in [2.45, 2.75) is 18.9 Å². The van der Waals surface area contributed by atoms with Gasteiger partial charge in [-0.3, -0.25) is 5.10 Å². The summed E-state index contributed by atoms with van der Waals surface area (Å²) in [5.41, 5.74) is 6.30. The molecule has 0 aliphatic heterocycles. The number of aromatic nitrogens is 2. The number of thiophene rings is 1. The largest absolute Gasteiger partial charge is 0.388 e. The molecule has 0 aliphatic rings. The number of aromatic amines is 1. The fraction of sp³-hybridized carbons (Fsp3) is 0.300. The van der Waals surface area contributed by atoms with Crippen molar-refractivity contribution in [1.29, 1.82) is 0 Å². The normalized spacial score (nSPS) is 12.9. The summed E-state index contributed by atoms with van der Waals surface area (Å²) in [6.45, 7) is 0. The number of nitrogens with zero attached hydrogens (tertiary/aromatic N) is 1. The van der Waals surface area contributed by atoms with Crippen molar-refractivity contribution < 1.29 is 5.11 Å². The number of aryl methyl sites for hydroxylation is 1. The maximum atomic E-state index is 9.85. The standard InChI is InChI=1S/C10H13N3OS/c11-10-8(6-12-13-10)9(14)4-3-7-2-1-5-15-7/h1-2,5-6,9,14H,3-4H2,(H3,11,12,13). The fourth-order valence-electron chi connectivity index (χ4n) is 1.46. The zero-order valence-electron chi connectivity index (χ0n) is 8.18. The number of nitrogens with one attached hydrogen (secondary N) is 1. The average Bonchev–Trinajstić information content (AvgIpc) is 2.84. The first-order valence-corrected chi connectivity index (χ1v) is 5.64. The van der Waals surface area contributed by atoms with Crippen molar-refractivity contribution in [2.24, 2.45) is 0 Å². The Labute approximate surface area is 91.8 Å². The van der Waals surface area contributed by atoms with E-state index in [9.17, 15) is 5.11 Å². The Hall–Kier alpha value is -1.33. The third-order valence-electron chi connectivity index (χ3n) is 2.30. The Morgan fingerprint density at radius 3 is 3.07 bits per heavy atom. The lowest BCUT2D eigenvalue weighted by Crippen LogP contribution is -2.01. The Kier molecular flexibility index (Phi) is 3.03. The van der Waals surface area contributed by atoms with E-state index in [-0.39, 0.29) is 0 Å². The highest BCUT2D eigenvalue weighted by atomic mass is 32.1. The quantitative estimate of drug-likeness (QED) is 0.738. The molecule has 0 saturated heterocycles. The molecule has 0 saturated carbocycles. The molecule has 2 aromatic heterocycles. The molecule has 80 valence electrons. The van der Waals surface area contributed by atoms with Gasteiger partial charge in [0.25, 0.3) is 0 Å². The average molecular weight is 223 g/mol. The Morgan fingerprint density at radius 1 is 1.60 bits per heavy atom. The molecular formula is C10H13N3OS. The molecule has 4 N–H and O–H groups in total. The van der Waals surface area contributed by atoms with Gasteiger partial charge in [0.1, 0.15) is 5.82 Å². The van der Waals surface area contributed by atoms with E-state index in [1.807, 2.05) is 11.4 Å². The molecule has 1 atom stereocenters. The molecule has 5 heteroatoms. The van der Waals surface area contributed by atoms with E-state index in [0.717, 1.165) is 6.42 Å². The molecule has 0 aliphatic carbocycles. The summed E-state index contributed by atoms with van der Waals surface area (Å²) in [6, 6.07) is 4.08. The van der Waals surface area contributed by atoms with Crippen molar-refractivity contribution in [1.82, 2.24) is 10.2 Å². The lowest BCUT2D eigenvalue weighted by atomic mass is 10.1. The van der Waals surface area contributed by atoms with Gasteiger partial charge in [0.2, 0.25) is 0 Å². The van der Waals surface area contributed by atoms with E-state index in [2.05, 4.69) is 16.3 Å². The number of aliphatic hydroxyl groups excluding tert-OH is 1. The SMILES string of the molecule is Nc1[nH]ncc1C(O)CCc1cccs1. The Morgan fingerprint density at radius 2 is 2.47 bits per heavy atom. The van der Waals surface area contributed by atoms with Crippen LogP contribution < -0.4 is 5.73 Å². The predicted molar refractivity (Wildman–Crippen MR) is 60.6 cm³/mol. The number of rotatable bonds is 4. The highest BCUT2D eigenvalue weighted by Crippen LogP contribution is 2.23. The van der Waals surface area contributed by atoms with Gasteiger partial charge < -0.3 is 10.8 Å². The topological polar surface area (TPSA) is 74.9 Å². The molecule has 0 bridgehead atoms. The lowest BCUT2D eigenvalue weighted by molar-refractivity contribution is 0.169. The Balaban J connectivity index is 1.93. The summed E-state index contributed by atoms with van der Waals surface area (Å²) in [7, 11) is 0. The van der Waals surface area contributed by atoms with E-state index < -0.39 is 6.10 Å². The van der Waals surface area contributed by atoms with E-state index >= 15 is 0 Å². The van der Waals surface area contributed by atoms with Crippen molar-refractivity contribution in [3.05, 3.63) is 34.2 Å². The summed E-state index contributed by atoms with van der Waals surface area (Å²) >= 11 is 1.70. The minimum Gasteiger partial charge on any atom is -0.388 e. The number of nitrogen functional groups attached to an aromatic ring is 1. The third kappa shape index (κ3) is 2.37. The molecule has 0 fully saturated rings. The monoisotopic (exact) mass is 223 g/mol. The molecule has 0 spiro atoms. The predicted octanol–water partition coefficient (Wildman–Crippen LogP) is 1.72. The number of nitrogens with two attached hydrogens (primary N) is 1. The van der Waals surface area contributed by atoms with Crippen molar-refractivity contribution in [3.63, 3.8) is 0 Å². The maximum Gasteiger partial charge on any atom is 0.124 e. The van der Waals surface area contributed by atoms with Gasteiger partial charge in [0.05, 0.1) is 12.3 Å². The summed E-state index contributed by atoms with van der Waals surface area (Å²) in [4.78, 5) is 1.27. The fourth-order valence-corrected chi connectivity index (χ4v) is 2.19. The molecule has 15 heavy (non-hydrogen) atoms. The van der Waals surface area contributed by atoms with Crippen LogP contribution in [-0.4, -0.2) is 15.3 Å². The summed E-state index contributed by atoms with van der Waals surface area (Å²) in [5.74, 6) is 0.452. The van der Waals surface area contributed by atoms with Crippen LogP contribution >= 0.6 is 11.3 Å². The first-order valence-electron chi connectivity index (χ1n) is 4.76. The zero-order valence-corrected chi connectivity index (χ0v) is 9.00. The van der Waals surface area contributed by atoms with Crippen LogP contribution in [0.15, 0.2) is 23.7 Å². The van der Waals surface area contributed by atoms with Crippen LogP contribution in [0.25, 0.3) is 0 Å². The minimum absolute atomic E-state index is 0.452. The number of H-pyrrole nitrogens is 1. The van der Waals surface area contributed by atoms with Gasteiger partial charge in [0.15, 0.2) is 0 Å². The van der Waals surface area contributed by atoms with Gasteiger partial charge in [0, 0.05) is 10.4 Å². The molecule has 2 aromatic rings. The lowest BCUT2D eigenvalue weighted by Gasteiger charge is -2.07. The van der Waals surface area contributed by atoms with Crippen molar-refractivity contribution in [3.8, 4) is 0 Å². The van der Waals surface area contributed by atoms with Gasteiger partial charge in [-0.15, -0.1) is 11.3 Å². The first kappa shape index (κ1) is 10.2. The van der Waals surface area contributed by atoms with E-state index in [1.165, 1.54) is 4.88 Å². The number of hydrogen-bond acceptors (Lipinski definition) is 4. The van der Waals surface area contributed by atoms with Crippen LogP contribution in [0.2, 0.25) is 0 Å². The van der Waals surface area contributed by atoms with Gasteiger partial charge in [-0.05, 0) is 24.3 Å². The third-order valence-corrected chi connectivity index (χ3v) is 3.24. The second-order valence-electron chi connectivity index (χ2n) is 3.37. The second-order valence-corrected chi connectivity index (χ2v) is 4.41. The van der Waals surface area contributed by atoms with Gasteiger partial charge >= 0.3 is 0 Å². The van der Waals surface area contributed by atoms with Crippen LogP contribution in [0.3, 0.4) is 0 Å².